The van der Waals surface area contributed by atoms with E-state index in [-0.39, 0.29) is 11.0 Å². The van der Waals surface area contributed by atoms with E-state index in [1.807, 2.05) is 10.9 Å². The average Bonchev–Trinajstić information content (AvgIpc) is 2.60. The Kier molecular flexibility index (Phi) is 1.96. The number of nitrogens with two attached hydrogens (primary N) is 1. The second-order valence-electron chi connectivity index (χ2n) is 5.64. The molecule has 78 valence electrons. The largest absolute Gasteiger partial charge is 0.321 e. The maximum absolute atomic E-state index is 6.09. The highest BCUT2D eigenvalue weighted by Crippen LogP contribution is 2.42. The molecule has 0 amide bonds. The molecule has 0 spiro atoms. The van der Waals surface area contributed by atoms with Crippen molar-refractivity contribution >= 4 is 0 Å². The number of hydrogen-bond donors (Lipinski definition) is 1. The van der Waals surface area contributed by atoms with Gasteiger partial charge in [-0.25, -0.2) is 0 Å². The monoisotopic (exact) mass is 193 g/mol. The standard InChI is InChI=1S/C11H19N3/c1-10(2,3)8-14-7-9(6-13-14)11(12)4-5-11/h6-7H,4-5,8,12H2,1-3H3. The molecule has 0 saturated heterocycles. The van der Waals surface area contributed by atoms with E-state index in [9.17, 15) is 0 Å². The molecule has 0 atom stereocenters. The topological polar surface area (TPSA) is 43.8 Å². The van der Waals surface area contributed by atoms with Crippen molar-refractivity contribution in [3.8, 4) is 0 Å². The summed E-state index contributed by atoms with van der Waals surface area (Å²) in [4.78, 5) is 0. The van der Waals surface area contributed by atoms with Crippen molar-refractivity contribution in [2.45, 2.75) is 45.7 Å². The van der Waals surface area contributed by atoms with Crippen molar-refractivity contribution in [1.82, 2.24) is 9.78 Å². The molecular formula is C11H19N3. The van der Waals surface area contributed by atoms with E-state index in [4.69, 9.17) is 5.73 Å². The molecule has 2 rings (SSSR count). The van der Waals surface area contributed by atoms with E-state index in [0.717, 1.165) is 19.4 Å². The van der Waals surface area contributed by atoms with Gasteiger partial charge in [0, 0.05) is 23.8 Å². The van der Waals surface area contributed by atoms with E-state index in [0.29, 0.717) is 0 Å². The zero-order valence-corrected chi connectivity index (χ0v) is 9.25. The zero-order chi connectivity index (χ0) is 10.4. The zero-order valence-electron chi connectivity index (χ0n) is 9.25. The van der Waals surface area contributed by atoms with Crippen LogP contribution in [0.5, 0.6) is 0 Å². The minimum absolute atomic E-state index is 0.0455. The van der Waals surface area contributed by atoms with Gasteiger partial charge in [0.2, 0.25) is 0 Å². The maximum Gasteiger partial charge on any atom is 0.0540 e. The number of nitrogens with zero attached hydrogens (tertiary/aromatic N) is 2. The fourth-order valence-electron chi connectivity index (χ4n) is 1.62. The number of hydrogen-bond acceptors (Lipinski definition) is 2. The minimum atomic E-state index is -0.0455. The number of rotatable bonds is 2. The molecule has 1 heterocycles. The Morgan fingerprint density at radius 1 is 1.50 bits per heavy atom. The van der Waals surface area contributed by atoms with Gasteiger partial charge < -0.3 is 5.73 Å². The first-order valence-corrected chi connectivity index (χ1v) is 5.21. The van der Waals surface area contributed by atoms with Crippen molar-refractivity contribution in [3.63, 3.8) is 0 Å². The molecule has 2 N–H and O–H groups in total. The van der Waals surface area contributed by atoms with Crippen molar-refractivity contribution in [2.24, 2.45) is 11.1 Å². The molecule has 1 aromatic heterocycles. The van der Waals surface area contributed by atoms with Gasteiger partial charge >= 0.3 is 0 Å². The summed E-state index contributed by atoms with van der Waals surface area (Å²) in [5.74, 6) is 0. The molecule has 0 radical (unpaired) electrons. The first-order valence-electron chi connectivity index (χ1n) is 5.21. The molecule has 1 fully saturated rings. The van der Waals surface area contributed by atoms with Crippen molar-refractivity contribution in [2.75, 3.05) is 0 Å². The second kappa shape index (κ2) is 2.83. The molecule has 3 heteroatoms. The van der Waals surface area contributed by atoms with Gasteiger partial charge in [-0.05, 0) is 18.3 Å². The number of aromatic nitrogens is 2. The van der Waals surface area contributed by atoms with Gasteiger partial charge in [0.1, 0.15) is 0 Å². The van der Waals surface area contributed by atoms with Gasteiger partial charge in [-0.1, -0.05) is 20.8 Å². The summed E-state index contributed by atoms with van der Waals surface area (Å²) in [6, 6.07) is 0. The average molecular weight is 193 g/mol. The van der Waals surface area contributed by atoms with E-state index in [2.05, 4.69) is 32.1 Å². The molecule has 0 aromatic carbocycles. The Labute approximate surface area is 85.3 Å². The highest BCUT2D eigenvalue weighted by Gasteiger charge is 2.41. The van der Waals surface area contributed by atoms with Crippen molar-refractivity contribution in [3.05, 3.63) is 18.0 Å². The van der Waals surface area contributed by atoms with Crippen LogP contribution in [0.1, 0.15) is 39.2 Å². The third kappa shape index (κ3) is 1.98. The normalized spacial score (nSPS) is 19.7. The first kappa shape index (κ1) is 9.71. The van der Waals surface area contributed by atoms with Crippen LogP contribution in [0.25, 0.3) is 0 Å². The highest BCUT2D eigenvalue weighted by molar-refractivity contribution is 5.24. The SMILES string of the molecule is CC(C)(C)Cn1cc(C2(N)CC2)cn1. The Morgan fingerprint density at radius 2 is 2.14 bits per heavy atom. The molecular weight excluding hydrogens is 174 g/mol. The highest BCUT2D eigenvalue weighted by atomic mass is 15.3. The van der Waals surface area contributed by atoms with Crippen LogP contribution < -0.4 is 5.73 Å². The van der Waals surface area contributed by atoms with Gasteiger partial charge in [-0.3, -0.25) is 4.68 Å². The van der Waals surface area contributed by atoms with Crippen LogP contribution in [-0.2, 0) is 12.1 Å². The Balaban J connectivity index is 2.11. The van der Waals surface area contributed by atoms with Crippen LogP contribution in [0.2, 0.25) is 0 Å². The molecule has 1 saturated carbocycles. The van der Waals surface area contributed by atoms with Crippen molar-refractivity contribution < 1.29 is 0 Å². The molecule has 0 bridgehead atoms. The van der Waals surface area contributed by atoms with Crippen LogP contribution in [0.3, 0.4) is 0 Å². The van der Waals surface area contributed by atoms with Crippen LogP contribution in [-0.4, -0.2) is 9.78 Å². The van der Waals surface area contributed by atoms with Crippen LogP contribution in [0.15, 0.2) is 12.4 Å². The Hall–Kier alpha value is -0.830. The molecule has 0 unspecified atom stereocenters. The summed E-state index contributed by atoms with van der Waals surface area (Å²) in [6.45, 7) is 7.58. The van der Waals surface area contributed by atoms with E-state index < -0.39 is 0 Å². The van der Waals surface area contributed by atoms with Crippen molar-refractivity contribution in [1.29, 1.82) is 0 Å². The summed E-state index contributed by atoms with van der Waals surface area (Å²) in [7, 11) is 0. The van der Waals surface area contributed by atoms with E-state index in [1.165, 1.54) is 5.56 Å². The van der Waals surface area contributed by atoms with Crippen LogP contribution in [0.4, 0.5) is 0 Å². The predicted octanol–water partition coefficient (Wildman–Crippen LogP) is 1.88. The summed E-state index contributed by atoms with van der Waals surface area (Å²) >= 11 is 0. The van der Waals surface area contributed by atoms with Gasteiger partial charge in [-0.2, -0.15) is 5.10 Å². The third-order valence-corrected chi connectivity index (χ3v) is 2.63. The fourth-order valence-corrected chi connectivity index (χ4v) is 1.62. The summed E-state index contributed by atoms with van der Waals surface area (Å²) in [5, 5.41) is 4.34. The predicted molar refractivity (Wildman–Crippen MR) is 56.8 cm³/mol. The summed E-state index contributed by atoms with van der Waals surface area (Å²) in [6.07, 6.45) is 6.22. The molecule has 3 nitrogen and oxygen atoms in total. The Morgan fingerprint density at radius 3 is 2.64 bits per heavy atom. The Bertz CT molecular complexity index is 329. The smallest absolute Gasteiger partial charge is 0.0540 e. The molecule has 14 heavy (non-hydrogen) atoms. The lowest BCUT2D eigenvalue weighted by Gasteiger charge is -2.17. The lowest BCUT2D eigenvalue weighted by Crippen LogP contribution is -2.18. The molecule has 1 aromatic rings. The molecule has 1 aliphatic carbocycles. The van der Waals surface area contributed by atoms with E-state index >= 15 is 0 Å². The fraction of sp³-hybridized carbons (Fsp3) is 0.727. The second-order valence-corrected chi connectivity index (χ2v) is 5.64. The summed E-state index contributed by atoms with van der Waals surface area (Å²) < 4.78 is 2.00. The lowest BCUT2D eigenvalue weighted by molar-refractivity contribution is 0.325. The molecule has 1 aliphatic rings. The third-order valence-electron chi connectivity index (χ3n) is 2.63. The van der Waals surface area contributed by atoms with Gasteiger partial charge in [0.05, 0.1) is 6.20 Å². The van der Waals surface area contributed by atoms with E-state index in [1.54, 1.807) is 0 Å². The minimum Gasteiger partial charge on any atom is -0.321 e. The maximum atomic E-state index is 6.09. The van der Waals surface area contributed by atoms with Gasteiger partial charge in [0.25, 0.3) is 0 Å². The molecule has 0 aliphatic heterocycles. The lowest BCUT2D eigenvalue weighted by atomic mass is 9.97. The van der Waals surface area contributed by atoms with Gasteiger partial charge in [0.15, 0.2) is 0 Å². The van der Waals surface area contributed by atoms with Gasteiger partial charge in [-0.15, -0.1) is 0 Å². The summed E-state index contributed by atoms with van der Waals surface area (Å²) in [5.41, 5.74) is 7.51. The van der Waals surface area contributed by atoms with Crippen LogP contribution in [0, 0.1) is 5.41 Å². The quantitative estimate of drug-likeness (QED) is 0.779. The first-order chi connectivity index (χ1) is 6.39. The van der Waals surface area contributed by atoms with Crippen LogP contribution >= 0.6 is 0 Å².